The Morgan fingerprint density at radius 2 is 2.00 bits per heavy atom. The van der Waals surface area contributed by atoms with Gasteiger partial charge in [-0.05, 0) is 25.0 Å². The zero-order chi connectivity index (χ0) is 12.3. The van der Waals surface area contributed by atoms with Crippen molar-refractivity contribution < 1.29 is 4.79 Å². The third-order valence-electron chi connectivity index (χ3n) is 3.44. The van der Waals surface area contributed by atoms with E-state index in [9.17, 15) is 10.1 Å². The molecule has 1 heterocycles. The van der Waals surface area contributed by atoms with E-state index < -0.39 is 5.41 Å². The molecule has 1 fully saturated rings. The van der Waals surface area contributed by atoms with Gasteiger partial charge in [-0.3, -0.25) is 9.78 Å². The Bertz CT molecular complexity index is 443. The van der Waals surface area contributed by atoms with Crippen molar-refractivity contribution in [2.24, 2.45) is 5.41 Å². The van der Waals surface area contributed by atoms with Crippen LogP contribution in [0.25, 0.3) is 0 Å². The molecule has 0 aliphatic heterocycles. The zero-order valence-electron chi connectivity index (χ0n) is 9.89. The number of carbonyl (C=O) groups is 1. The molecule has 0 aromatic carbocycles. The van der Waals surface area contributed by atoms with Gasteiger partial charge in [0.15, 0.2) is 0 Å². The molecule has 17 heavy (non-hydrogen) atoms. The molecular formula is C13H15N3O. The first-order valence-corrected chi connectivity index (χ1v) is 5.79. The first-order valence-electron chi connectivity index (χ1n) is 5.79. The highest BCUT2D eigenvalue weighted by molar-refractivity contribution is 5.99. The summed E-state index contributed by atoms with van der Waals surface area (Å²) in [6, 6.07) is 5.77. The molecule has 1 aromatic rings. The highest BCUT2D eigenvalue weighted by Gasteiger charge is 2.43. The summed E-state index contributed by atoms with van der Waals surface area (Å²) in [4.78, 5) is 17.9. The van der Waals surface area contributed by atoms with E-state index in [1.807, 2.05) is 0 Å². The largest absolute Gasteiger partial charge is 0.314 e. The summed E-state index contributed by atoms with van der Waals surface area (Å²) in [5.74, 6) is -0.0938. The summed E-state index contributed by atoms with van der Waals surface area (Å²) in [7, 11) is 1.72. The second-order valence-electron chi connectivity index (χ2n) is 4.47. The minimum atomic E-state index is -0.808. The fourth-order valence-electron chi connectivity index (χ4n) is 2.36. The number of aromatic nitrogens is 1. The van der Waals surface area contributed by atoms with Gasteiger partial charge < -0.3 is 4.90 Å². The Kier molecular flexibility index (Phi) is 3.10. The maximum atomic E-state index is 12.4. The summed E-state index contributed by atoms with van der Waals surface area (Å²) < 4.78 is 0. The predicted molar refractivity (Wildman–Crippen MR) is 64.2 cm³/mol. The third-order valence-corrected chi connectivity index (χ3v) is 3.44. The first-order chi connectivity index (χ1) is 8.19. The molecule has 0 radical (unpaired) electrons. The Morgan fingerprint density at radius 1 is 1.41 bits per heavy atom. The van der Waals surface area contributed by atoms with Gasteiger partial charge >= 0.3 is 0 Å². The molecule has 1 saturated carbocycles. The van der Waals surface area contributed by atoms with Gasteiger partial charge in [-0.2, -0.15) is 5.26 Å². The number of amides is 1. The van der Waals surface area contributed by atoms with Gasteiger partial charge in [0, 0.05) is 25.1 Å². The number of nitriles is 1. The highest BCUT2D eigenvalue weighted by atomic mass is 16.2. The van der Waals surface area contributed by atoms with Gasteiger partial charge in [-0.15, -0.1) is 0 Å². The van der Waals surface area contributed by atoms with Crippen LogP contribution in [0.3, 0.4) is 0 Å². The van der Waals surface area contributed by atoms with Crippen LogP contribution in [-0.2, 0) is 4.79 Å². The summed E-state index contributed by atoms with van der Waals surface area (Å²) in [6.45, 7) is 0. The van der Waals surface area contributed by atoms with Crippen LogP contribution >= 0.6 is 0 Å². The van der Waals surface area contributed by atoms with Crippen molar-refractivity contribution in [1.29, 1.82) is 5.26 Å². The van der Waals surface area contributed by atoms with E-state index in [0.29, 0.717) is 12.8 Å². The number of hydrogen-bond acceptors (Lipinski definition) is 3. The summed E-state index contributed by atoms with van der Waals surface area (Å²) >= 11 is 0. The maximum absolute atomic E-state index is 12.4. The van der Waals surface area contributed by atoms with Crippen molar-refractivity contribution in [3.63, 3.8) is 0 Å². The van der Waals surface area contributed by atoms with Crippen LogP contribution in [0.4, 0.5) is 5.69 Å². The van der Waals surface area contributed by atoms with E-state index in [-0.39, 0.29) is 5.91 Å². The minimum absolute atomic E-state index is 0.0938. The van der Waals surface area contributed by atoms with E-state index in [4.69, 9.17) is 0 Å². The molecule has 0 saturated heterocycles. The van der Waals surface area contributed by atoms with E-state index >= 15 is 0 Å². The molecule has 1 aliphatic carbocycles. The zero-order valence-corrected chi connectivity index (χ0v) is 9.89. The number of anilines is 1. The Morgan fingerprint density at radius 3 is 2.53 bits per heavy atom. The average molecular weight is 229 g/mol. The van der Waals surface area contributed by atoms with Crippen LogP contribution in [0, 0.1) is 16.7 Å². The molecule has 1 aliphatic rings. The van der Waals surface area contributed by atoms with Crippen molar-refractivity contribution in [1.82, 2.24) is 4.98 Å². The normalized spacial score (nSPS) is 17.4. The van der Waals surface area contributed by atoms with Crippen LogP contribution < -0.4 is 4.90 Å². The van der Waals surface area contributed by atoms with Crippen molar-refractivity contribution in [2.75, 3.05) is 11.9 Å². The molecule has 1 aromatic heterocycles. The van der Waals surface area contributed by atoms with Crippen molar-refractivity contribution in [3.8, 4) is 6.07 Å². The van der Waals surface area contributed by atoms with Gasteiger partial charge in [-0.1, -0.05) is 12.8 Å². The van der Waals surface area contributed by atoms with Gasteiger partial charge in [0.25, 0.3) is 0 Å². The lowest BCUT2D eigenvalue weighted by Crippen LogP contribution is -2.39. The van der Waals surface area contributed by atoms with Gasteiger partial charge in [0.2, 0.25) is 5.91 Å². The highest BCUT2D eigenvalue weighted by Crippen LogP contribution is 2.39. The molecule has 2 rings (SSSR count). The summed E-state index contributed by atoms with van der Waals surface area (Å²) in [6.07, 6.45) is 6.57. The van der Waals surface area contributed by atoms with Gasteiger partial charge in [-0.25, -0.2) is 0 Å². The summed E-state index contributed by atoms with van der Waals surface area (Å²) in [5, 5.41) is 9.27. The monoisotopic (exact) mass is 229 g/mol. The fourth-order valence-corrected chi connectivity index (χ4v) is 2.36. The molecule has 0 spiro atoms. The Labute approximate surface area is 101 Å². The van der Waals surface area contributed by atoms with Crippen molar-refractivity contribution in [2.45, 2.75) is 25.7 Å². The molecule has 4 nitrogen and oxygen atoms in total. The quantitative estimate of drug-likeness (QED) is 0.780. The van der Waals surface area contributed by atoms with Crippen LogP contribution in [-0.4, -0.2) is 17.9 Å². The molecule has 0 bridgehead atoms. The van der Waals surface area contributed by atoms with Crippen LogP contribution in [0.1, 0.15) is 25.7 Å². The van der Waals surface area contributed by atoms with Crippen LogP contribution in [0.15, 0.2) is 24.5 Å². The number of nitrogens with zero attached hydrogens (tertiary/aromatic N) is 3. The van der Waals surface area contributed by atoms with E-state index in [2.05, 4.69) is 11.1 Å². The van der Waals surface area contributed by atoms with Crippen LogP contribution in [0.5, 0.6) is 0 Å². The topological polar surface area (TPSA) is 57.0 Å². The lowest BCUT2D eigenvalue weighted by atomic mass is 9.86. The molecule has 1 amide bonds. The maximum Gasteiger partial charge on any atom is 0.247 e. The lowest BCUT2D eigenvalue weighted by molar-refractivity contribution is -0.124. The molecule has 0 atom stereocenters. The van der Waals surface area contributed by atoms with Gasteiger partial charge in [0.1, 0.15) is 5.41 Å². The minimum Gasteiger partial charge on any atom is -0.314 e. The van der Waals surface area contributed by atoms with Crippen molar-refractivity contribution >= 4 is 11.6 Å². The number of hydrogen-bond donors (Lipinski definition) is 0. The number of rotatable bonds is 2. The molecule has 0 N–H and O–H groups in total. The predicted octanol–water partition coefficient (Wildman–Crippen LogP) is 2.13. The Hall–Kier alpha value is -1.89. The standard InChI is InChI=1S/C13H15N3O/c1-16(11-4-8-15-9-5-11)12(17)13(10-14)6-2-3-7-13/h4-5,8-9H,2-3,6-7H2,1H3. The average Bonchev–Trinajstić information content (AvgIpc) is 2.88. The van der Waals surface area contributed by atoms with E-state index in [0.717, 1.165) is 18.5 Å². The SMILES string of the molecule is CN(C(=O)C1(C#N)CCCC1)c1ccncc1. The molecule has 4 heteroatoms. The van der Waals surface area contributed by atoms with Gasteiger partial charge in [0.05, 0.1) is 6.07 Å². The number of pyridine rings is 1. The summed E-state index contributed by atoms with van der Waals surface area (Å²) in [5.41, 5.74) is -0.0237. The molecule has 0 unspecified atom stereocenters. The molecule has 88 valence electrons. The fraction of sp³-hybridized carbons (Fsp3) is 0.462. The second kappa shape index (κ2) is 4.54. The lowest BCUT2D eigenvalue weighted by Gasteiger charge is -2.26. The first kappa shape index (κ1) is 11.6. The van der Waals surface area contributed by atoms with Crippen molar-refractivity contribution in [3.05, 3.63) is 24.5 Å². The van der Waals surface area contributed by atoms with E-state index in [1.165, 1.54) is 0 Å². The molecular weight excluding hydrogens is 214 g/mol. The third kappa shape index (κ3) is 2.01. The van der Waals surface area contributed by atoms with E-state index in [1.54, 1.807) is 36.5 Å². The van der Waals surface area contributed by atoms with Crippen LogP contribution in [0.2, 0.25) is 0 Å². The smallest absolute Gasteiger partial charge is 0.247 e. The second-order valence-corrected chi connectivity index (χ2v) is 4.47. The Balaban J connectivity index is 2.23. The number of carbonyl (C=O) groups excluding carboxylic acids is 1.